The third-order valence-electron chi connectivity index (χ3n) is 6.70. The summed E-state index contributed by atoms with van der Waals surface area (Å²) in [5.74, 6) is -0.768. The third kappa shape index (κ3) is 7.28. The van der Waals surface area contributed by atoms with Crippen molar-refractivity contribution < 1.29 is 41.6 Å². The predicted molar refractivity (Wildman–Crippen MR) is 174 cm³/mol. The van der Waals surface area contributed by atoms with Crippen molar-refractivity contribution in [3.63, 3.8) is 0 Å². The average Bonchev–Trinajstić information content (AvgIpc) is 3.48. The van der Waals surface area contributed by atoms with E-state index in [4.69, 9.17) is 13.8 Å². The molecular weight excluding hydrogens is 659 g/mol. The van der Waals surface area contributed by atoms with Crippen LogP contribution in [0.2, 0.25) is 0 Å². The lowest BCUT2D eigenvalue weighted by molar-refractivity contribution is -0.384. The van der Waals surface area contributed by atoms with Crippen molar-refractivity contribution in [2.24, 2.45) is 0 Å². The number of carbonyl (C=O) groups excluding carboxylic acids is 2. The molecule has 0 saturated heterocycles. The second kappa shape index (κ2) is 14.1. The summed E-state index contributed by atoms with van der Waals surface area (Å²) in [5.41, 5.74) is -4.98. The van der Waals surface area contributed by atoms with E-state index < -0.39 is 36.3 Å². The fourth-order valence-electron chi connectivity index (χ4n) is 4.44. The molecule has 0 amide bonds. The van der Waals surface area contributed by atoms with Crippen LogP contribution >= 0.6 is 30.7 Å². The number of nitro benzene ring substituents is 1. The summed E-state index contributed by atoms with van der Waals surface area (Å²) in [6, 6.07) is 21.5. The molecule has 1 unspecified atom stereocenters. The van der Waals surface area contributed by atoms with Gasteiger partial charge in [0, 0.05) is 40.0 Å². The summed E-state index contributed by atoms with van der Waals surface area (Å²) in [5, 5.41) is 12.1. The molecule has 5 rings (SSSR count). The zero-order valence-electron chi connectivity index (χ0n) is 24.2. The molecule has 0 aliphatic rings. The number of alkyl halides is 2. The molecule has 0 N–H and O–H groups in total. The van der Waals surface area contributed by atoms with Gasteiger partial charge in [-0.05, 0) is 53.6 Å². The number of halogens is 2. The number of fused-ring (bicyclic) bond motifs is 2. The molecule has 0 aliphatic heterocycles. The predicted octanol–water partition coefficient (Wildman–Crippen LogP) is 9.58. The molecule has 0 bridgehead atoms. The van der Waals surface area contributed by atoms with Crippen molar-refractivity contribution in [2.75, 3.05) is 12.4 Å². The fourth-order valence-corrected chi connectivity index (χ4v) is 7.76. The number of esters is 1. The van der Waals surface area contributed by atoms with E-state index in [1.54, 1.807) is 36.4 Å². The van der Waals surface area contributed by atoms with Crippen LogP contribution in [0.15, 0.2) is 91.0 Å². The lowest BCUT2D eigenvalue weighted by Crippen LogP contribution is -2.21. The van der Waals surface area contributed by atoms with E-state index >= 15 is 8.78 Å². The van der Waals surface area contributed by atoms with Gasteiger partial charge >= 0.3 is 19.2 Å². The maximum atomic E-state index is 16.3. The minimum atomic E-state index is -5.29. The number of rotatable bonds is 13. The number of non-ortho nitro benzene ring substituents is 1. The van der Waals surface area contributed by atoms with Gasteiger partial charge in [-0.1, -0.05) is 61.2 Å². The van der Waals surface area contributed by atoms with Crippen LogP contribution in [0.5, 0.6) is 11.5 Å². The van der Waals surface area contributed by atoms with Crippen LogP contribution in [-0.2, 0) is 19.5 Å². The number of nitrogens with zero attached hydrogens (tertiary/aromatic N) is 1. The molecule has 0 aliphatic carbocycles. The van der Waals surface area contributed by atoms with E-state index in [9.17, 15) is 24.3 Å². The standard InChI is InChI=1S/C32H26F2NO8PS2/c1-2-6-30(36)45-18-17-41-44(40,43-27-10-5-8-21-7-3-4-9-26(21)27)32(33,34)23-11-16-28-22(19-23)20-29(46-28)31(37)42-25-14-12-24(13-15-25)35(38)39/h3-5,7-16,19-20H,2,6,17-18H2,1H3. The molecular formula is C32H26F2NO8PS2. The highest BCUT2D eigenvalue weighted by atomic mass is 32.2. The van der Waals surface area contributed by atoms with Crippen LogP contribution in [0.4, 0.5) is 14.5 Å². The Labute approximate surface area is 270 Å². The summed E-state index contributed by atoms with van der Waals surface area (Å²) in [6.07, 6.45) is 0.948. The van der Waals surface area contributed by atoms with Crippen LogP contribution in [0, 0.1) is 10.1 Å². The second-order valence-electron chi connectivity index (χ2n) is 9.91. The topological polar surface area (TPSA) is 122 Å². The van der Waals surface area contributed by atoms with E-state index in [2.05, 4.69) is 0 Å². The van der Waals surface area contributed by atoms with Gasteiger partial charge in [-0.15, -0.1) is 11.3 Å². The van der Waals surface area contributed by atoms with E-state index in [1.165, 1.54) is 42.5 Å². The molecule has 9 nitrogen and oxygen atoms in total. The first-order chi connectivity index (χ1) is 22.0. The molecule has 0 spiro atoms. The van der Waals surface area contributed by atoms with Gasteiger partial charge in [0.15, 0.2) is 5.12 Å². The molecule has 14 heteroatoms. The van der Waals surface area contributed by atoms with Crippen molar-refractivity contribution in [1.29, 1.82) is 0 Å². The molecule has 1 heterocycles. The molecule has 5 aromatic rings. The maximum Gasteiger partial charge on any atom is 0.453 e. The Morgan fingerprint density at radius 3 is 2.46 bits per heavy atom. The van der Waals surface area contributed by atoms with Gasteiger partial charge in [-0.25, -0.2) is 9.36 Å². The number of benzene rings is 4. The summed E-state index contributed by atoms with van der Waals surface area (Å²) in [7, 11) is -5.29. The molecule has 1 aromatic heterocycles. The monoisotopic (exact) mass is 685 g/mol. The second-order valence-corrected chi connectivity index (χ2v) is 14.1. The number of ether oxygens (including phenoxy) is 1. The zero-order chi connectivity index (χ0) is 32.9. The largest absolute Gasteiger partial charge is 0.453 e. The van der Waals surface area contributed by atoms with E-state index in [0.717, 1.165) is 35.2 Å². The van der Waals surface area contributed by atoms with Crippen molar-refractivity contribution in [2.45, 2.75) is 25.4 Å². The van der Waals surface area contributed by atoms with Crippen LogP contribution in [0.3, 0.4) is 0 Å². The first-order valence-corrected chi connectivity index (χ1v) is 17.3. The minimum absolute atomic E-state index is 0.00159. The third-order valence-corrected chi connectivity index (χ3v) is 10.6. The Hall–Kier alpha value is -4.16. The van der Waals surface area contributed by atoms with Crippen LogP contribution in [0.25, 0.3) is 20.9 Å². The van der Waals surface area contributed by atoms with Gasteiger partial charge in [0.25, 0.3) is 5.69 Å². The molecule has 0 fully saturated rings. The minimum Gasteiger partial charge on any atom is -0.422 e. The van der Waals surface area contributed by atoms with Crippen molar-refractivity contribution in [3.8, 4) is 11.5 Å². The van der Waals surface area contributed by atoms with Crippen molar-refractivity contribution >= 4 is 68.3 Å². The zero-order valence-corrected chi connectivity index (χ0v) is 26.7. The van der Waals surface area contributed by atoms with Crippen LogP contribution in [0.1, 0.15) is 35.0 Å². The number of hydrogen-bond donors (Lipinski definition) is 0. The highest BCUT2D eigenvalue weighted by Gasteiger charge is 2.56. The first kappa shape index (κ1) is 33.2. The average molecular weight is 686 g/mol. The Bertz CT molecular complexity index is 1960. The summed E-state index contributed by atoms with van der Waals surface area (Å²) in [4.78, 5) is 35.1. The summed E-state index contributed by atoms with van der Waals surface area (Å²) < 4.78 is 63.6. The number of hydrogen-bond acceptors (Lipinski definition) is 10. The Balaban J connectivity index is 1.43. The van der Waals surface area contributed by atoms with E-state index in [-0.39, 0.29) is 38.3 Å². The maximum absolute atomic E-state index is 16.3. The Kier molecular flexibility index (Phi) is 10.2. The highest BCUT2D eigenvalue weighted by Crippen LogP contribution is 2.67. The van der Waals surface area contributed by atoms with E-state index in [1.807, 2.05) is 6.92 Å². The van der Waals surface area contributed by atoms with Crippen molar-refractivity contribution in [3.05, 3.63) is 112 Å². The highest BCUT2D eigenvalue weighted by molar-refractivity contribution is 8.13. The molecule has 4 aromatic carbocycles. The van der Waals surface area contributed by atoms with Crippen LogP contribution in [-0.4, -0.2) is 28.4 Å². The van der Waals surface area contributed by atoms with Gasteiger partial charge in [-0.2, -0.15) is 8.78 Å². The molecule has 46 heavy (non-hydrogen) atoms. The quantitative estimate of drug-likeness (QED) is 0.0298. The fraction of sp³-hybridized carbons (Fsp3) is 0.188. The van der Waals surface area contributed by atoms with Gasteiger partial charge in [0.05, 0.1) is 11.5 Å². The number of thiophene rings is 1. The Morgan fingerprint density at radius 1 is 0.978 bits per heavy atom. The molecule has 0 saturated carbocycles. The van der Waals surface area contributed by atoms with Crippen LogP contribution < -0.4 is 9.26 Å². The molecule has 238 valence electrons. The SMILES string of the molecule is CCCC(=O)SCCOP(=O)(Oc1cccc2ccccc12)C(F)(F)c1ccc2sc(C(=O)Oc3ccc([N+](=O)[O-])cc3)cc2c1. The summed E-state index contributed by atoms with van der Waals surface area (Å²) >= 11 is 1.90. The van der Waals surface area contributed by atoms with Gasteiger partial charge in [0.1, 0.15) is 16.4 Å². The smallest absolute Gasteiger partial charge is 0.422 e. The Morgan fingerprint density at radius 2 is 1.72 bits per heavy atom. The number of thioether (sulfide) groups is 1. The number of carbonyl (C=O) groups is 2. The first-order valence-electron chi connectivity index (χ1n) is 14.0. The summed E-state index contributed by atoms with van der Waals surface area (Å²) in [6.45, 7) is 1.41. The normalized spacial score (nSPS) is 12.9. The van der Waals surface area contributed by atoms with E-state index in [0.29, 0.717) is 28.3 Å². The van der Waals surface area contributed by atoms with Crippen molar-refractivity contribution in [1.82, 2.24) is 0 Å². The molecule has 0 radical (unpaired) electrons. The van der Waals surface area contributed by atoms with Gasteiger partial charge < -0.3 is 9.26 Å². The molecule has 1 atom stereocenters. The lowest BCUT2D eigenvalue weighted by Gasteiger charge is -2.27. The lowest BCUT2D eigenvalue weighted by atomic mass is 10.1. The number of nitro groups is 1. The van der Waals surface area contributed by atoms with Gasteiger partial charge in [-0.3, -0.25) is 19.4 Å². The van der Waals surface area contributed by atoms with Gasteiger partial charge in [0.2, 0.25) is 0 Å².